The van der Waals surface area contributed by atoms with E-state index in [0.717, 1.165) is 11.4 Å². The second-order valence-electron chi connectivity index (χ2n) is 6.40. The molecule has 3 rings (SSSR count). The fourth-order valence-corrected chi connectivity index (χ4v) is 2.90. The molecular formula is C20H24N4O3. The normalized spacial score (nSPS) is 14.0. The first kappa shape index (κ1) is 18.7. The van der Waals surface area contributed by atoms with Crippen molar-refractivity contribution in [3.8, 4) is 0 Å². The minimum Gasteiger partial charge on any atom is -0.450 e. The highest BCUT2D eigenvalue weighted by atomic mass is 16.6. The zero-order valence-corrected chi connectivity index (χ0v) is 15.6. The first-order chi connectivity index (χ1) is 13.1. The van der Waals surface area contributed by atoms with Crippen LogP contribution >= 0.6 is 0 Å². The van der Waals surface area contributed by atoms with Gasteiger partial charge in [-0.2, -0.15) is 0 Å². The average molecular weight is 368 g/mol. The third-order valence-electron chi connectivity index (χ3n) is 4.41. The van der Waals surface area contributed by atoms with Crippen LogP contribution in [-0.2, 0) is 4.74 Å². The number of anilines is 2. The molecule has 1 aliphatic rings. The number of carbonyl (C=O) groups is 2. The number of ether oxygens (including phenoxy) is 1. The van der Waals surface area contributed by atoms with Gasteiger partial charge in [0.2, 0.25) is 0 Å². The van der Waals surface area contributed by atoms with Crippen molar-refractivity contribution in [1.82, 2.24) is 14.8 Å². The Kier molecular flexibility index (Phi) is 5.90. The Bertz CT molecular complexity index is 799. The van der Waals surface area contributed by atoms with Crippen LogP contribution in [0.5, 0.6) is 0 Å². The van der Waals surface area contributed by atoms with Crippen molar-refractivity contribution >= 4 is 23.4 Å². The smallest absolute Gasteiger partial charge is 0.409 e. The number of piperazine rings is 1. The number of nitrogens with zero attached hydrogens (tertiary/aromatic N) is 3. The van der Waals surface area contributed by atoms with Gasteiger partial charge in [0.05, 0.1) is 6.61 Å². The predicted molar refractivity (Wildman–Crippen MR) is 103 cm³/mol. The van der Waals surface area contributed by atoms with E-state index in [1.165, 1.54) is 5.56 Å². The molecule has 0 saturated carbocycles. The zero-order chi connectivity index (χ0) is 19.2. The summed E-state index contributed by atoms with van der Waals surface area (Å²) in [6.07, 6.45) is 1.30. The van der Waals surface area contributed by atoms with Crippen molar-refractivity contribution in [3.63, 3.8) is 0 Å². The molecule has 0 unspecified atom stereocenters. The summed E-state index contributed by atoms with van der Waals surface area (Å²) in [6, 6.07) is 11.6. The average Bonchev–Trinajstić information content (AvgIpc) is 2.70. The summed E-state index contributed by atoms with van der Waals surface area (Å²) in [4.78, 5) is 32.1. The highest BCUT2D eigenvalue weighted by Crippen LogP contribution is 2.18. The monoisotopic (exact) mass is 368 g/mol. The van der Waals surface area contributed by atoms with Crippen LogP contribution in [-0.4, -0.2) is 59.6 Å². The van der Waals surface area contributed by atoms with Crippen LogP contribution in [0.15, 0.2) is 42.6 Å². The van der Waals surface area contributed by atoms with E-state index in [0.29, 0.717) is 38.5 Å². The SMILES string of the molecule is CCOC(=O)N1CCN(C(=O)c2cc(Nc3ccc(C)cc3)ccn2)CC1. The van der Waals surface area contributed by atoms with Crippen molar-refractivity contribution in [2.75, 3.05) is 38.1 Å². The number of hydrogen-bond acceptors (Lipinski definition) is 5. The summed E-state index contributed by atoms with van der Waals surface area (Å²) in [5, 5.41) is 3.29. The van der Waals surface area contributed by atoms with E-state index >= 15 is 0 Å². The molecule has 1 saturated heterocycles. The molecule has 7 nitrogen and oxygen atoms in total. The zero-order valence-electron chi connectivity index (χ0n) is 15.6. The number of nitrogens with one attached hydrogen (secondary N) is 1. The predicted octanol–water partition coefficient (Wildman–Crippen LogP) is 3.05. The van der Waals surface area contributed by atoms with E-state index in [4.69, 9.17) is 4.74 Å². The standard InChI is InChI=1S/C20H24N4O3/c1-3-27-20(26)24-12-10-23(11-13-24)19(25)18-14-17(8-9-21-18)22-16-6-4-15(2)5-7-16/h4-9,14H,3,10-13H2,1-2H3,(H,21,22). The van der Waals surface area contributed by atoms with E-state index < -0.39 is 0 Å². The molecule has 2 amide bonds. The van der Waals surface area contributed by atoms with Gasteiger partial charge in [-0.25, -0.2) is 4.79 Å². The first-order valence-corrected chi connectivity index (χ1v) is 9.07. The molecule has 1 aromatic heterocycles. The molecule has 2 heterocycles. The summed E-state index contributed by atoms with van der Waals surface area (Å²) >= 11 is 0. The maximum atomic E-state index is 12.8. The molecule has 7 heteroatoms. The van der Waals surface area contributed by atoms with Crippen LogP contribution in [0.1, 0.15) is 23.0 Å². The number of aryl methyl sites for hydroxylation is 1. The molecular weight excluding hydrogens is 344 g/mol. The van der Waals surface area contributed by atoms with Crippen LogP contribution in [0, 0.1) is 6.92 Å². The lowest BCUT2D eigenvalue weighted by atomic mass is 10.2. The molecule has 1 aliphatic heterocycles. The van der Waals surface area contributed by atoms with Gasteiger partial charge in [-0.1, -0.05) is 17.7 Å². The molecule has 2 aromatic rings. The number of carbonyl (C=O) groups excluding carboxylic acids is 2. The van der Waals surface area contributed by atoms with Crippen molar-refractivity contribution in [2.45, 2.75) is 13.8 Å². The fourth-order valence-electron chi connectivity index (χ4n) is 2.90. The molecule has 0 bridgehead atoms. The third-order valence-corrected chi connectivity index (χ3v) is 4.41. The van der Waals surface area contributed by atoms with Crippen LogP contribution in [0.3, 0.4) is 0 Å². The van der Waals surface area contributed by atoms with E-state index in [2.05, 4.69) is 10.3 Å². The third kappa shape index (κ3) is 4.75. The lowest BCUT2D eigenvalue weighted by Crippen LogP contribution is -2.50. The van der Waals surface area contributed by atoms with Crippen LogP contribution in [0.25, 0.3) is 0 Å². The molecule has 1 N–H and O–H groups in total. The van der Waals surface area contributed by atoms with Crippen LogP contribution in [0.4, 0.5) is 16.2 Å². The Balaban J connectivity index is 1.62. The quantitative estimate of drug-likeness (QED) is 0.898. The highest BCUT2D eigenvalue weighted by molar-refractivity contribution is 5.93. The molecule has 27 heavy (non-hydrogen) atoms. The Morgan fingerprint density at radius 2 is 1.70 bits per heavy atom. The Morgan fingerprint density at radius 3 is 2.37 bits per heavy atom. The second-order valence-corrected chi connectivity index (χ2v) is 6.40. The van der Waals surface area contributed by atoms with Gasteiger partial charge in [-0.15, -0.1) is 0 Å². The van der Waals surface area contributed by atoms with E-state index in [1.54, 1.807) is 29.0 Å². The lowest BCUT2D eigenvalue weighted by Gasteiger charge is -2.33. The van der Waals surface area contributed by atoms with Gasteiger partial charge >= 0.3 is 6.09 Å². The highest BCUT2D eigenvalue weighted by Gasteiger charge is 2.26. The maximum absolute atomic E-state index is 12.8. The van der Waals surface area contributed by atoms with E-state index in [-0.39, 0.29) is 12.0 Å². The molecule has 0 spiro atoms. The number of aromatic nitrogens is 1. The first-order valence-electron chi connectivity index (χ1n) is 9.07. The van der Waals surface area contributed by atoms with Gasteiger partial charge in [0.15, 0.2) is 0 Å². The van der Waals surface area contributed by atoms with Crippen LogP contribution < -0.4 is 5.32 Å². The van der Waals surface area contributed by atoms with Crippen molar-refractivity contribution in [1.29, 1.82) is 0 Å². The molecule has 0 aliphatic carbocycles. The van der Waals surface area contributed by atoms with Gasteiger partial charge in [-0.3, -0.25) is 9.78 Å². The number of benzene rings is 1. The van der Waals surface area contributed by atoms with Gasteiger partial charge in [-0.05, 0) is 38.1 Å². The van der Waals surface area contributed by atoms with Gasteiger partial charge < -0.3 is 19.9 Å². The summed E-state index contributed by atoms with van der Waals surface area (Å²) in [5.74, 6) is -0.133. The minimum absolute atomic E-state index is 0.133. The number of rotatable bonds is 4. The second kappa shape index (κ2) is 8.53. The van der Waals surface area contributed by atoms with Gasteiger partial charge in [0, 0.05) is 43.8 Å². The van der Waals surface area contributed by atoms with Gasteiger partial charge in [0.1, 0.15) is 5.69 Å². The summed E-state index contributed by atoms with van der Waals surface area (Å²) in [5.41, 5.74) is 3.33. The molecule has 0 atom stereocenters. The topological polar surface area (TPSA) is 74.8 Å². The van der Waals surface area contributed by atoms with E-state index in [9.17, 15) is 9.59 Å². The van der Waals surface area contributed by atoms with Crippen molar-refractivity contribution in [2.24, 2.45) is 0 Å². The van der Waals surface area contributed by atoms with Crippen LogP contribution in [0.2, 0.25) is 0 Å². The van der Waals surface area contributed by atoms with Crippen molar-refractivity contribution in [3.05, 3.63) is 53.9 Å². The van der Waals surface area contributed by atoms with Crippen molar-refractivity contribution < 1.29 is 14.3 Å². The molecule has 1 fully saturated rings. The fraction of sp³-hybridized carbons (Fsp3) is 0.350. The Labute approximate surface area is 158 Å². The maximum Gasteiger partial charge on any atom is 0.409 e. The molecule has 142 valence electrons. The van der Waals surface area contributed by atoms with Gasteiger partial charge in [0.25, 0.3) is 5.91 Å². The lowest BCUT2D eigenvalue weighted by molar-refractivity contribution is 0.0566. The molecule has 0 radical (unpaired) electrons. The Hall–Kier alpha value is -3.09. The summed E-state index contributed by atoms with van der Waals surface area (Å²) in [6.45, 7) is 6.03. The molecule has 1 aromatic carbocycles. The Morgan fingerprint density at radius 1 is 1.04 bits per heavy atom. The number of amides is 2. The largest absolute Gasteiger partial charge is 0.450 e. The number of hydrogen-bond donors (Lipinski definition) is 1. The van der Waals surface area contributed by atoms with E-state index in [1.807, 2.05) is 37.3 Å². The summed E-state index contributed by atoms with van der Waals surface area (Å²) in [7, 11) is 0. The summed E-state index contributed by atoms with van der Waals surface area (Å²) < 4.78 is 5.00. The minimum atomic E-state index is -0.327. The number of pyridine rings is 1.